The van der Waals surface area contributed by atoms with Crippen LogP contribution >= 0.6 is 31.9 Å². The third-order valence-electron chi connectivity index (χ3n) is 2.31. The summed E-state index contributed by atoms with van der Waals surface area (Å²) >= 11 is 6.89. The summed E-state index contributed by atoms with van der Waals surface area (Å²) in [5.41, 5.74) is 7.14. The Labute approximate surface area is 111 Å². The smallest absolute Gasteiger partial charge is 0.125 e. The summed E-state index contributed by atoms with van der Waals surface area (Å²) in [6.45, 7) is 1.91. The van der Waals surface area contributed by atoms with Gasteiger partial charge < -0.3 is 10.2 Å². The largest absolute Gasteiger partial charge is 0.464 e. The molecular formula is C12H11Br2NO. The number of hydrogen-bond acceptors (Lipinski definition) is 2. The molecule has 0 amide bonds. The van der Waals surface area contributed by atoms with E-state index < -0.39 is 0 Å². The number of halogens is 2. The SMILES string of the molecule is Cc1ccc(C(N)c2cc(Br)cc(Br)c2)o1. The van der Waals surface area contributed by atoms with Crippen molar-refractivity contribution in [2.24, 2.45) is 5.73 Å². The average Bonchev–Trinajstić information content (AvgIpc) is 2.62. The van der Waals surface area contributed by atoms with Crippen LogP contribution in [0.5, 0.6) is 0 Å². The second-order valence-corrected chi connectivity index (χ2v) is 5.46. The van der Waals surface area contributed by atoms with Crippen LogP contribution in [0.1, 0.15) is 23.1 Å². The standard InChI is InChI=1S/C12H11Br2NO/c1-7-2-3-11(16-7)12(15)8-4-9(13)6-10(14)5-8/h2-6,12H,15H2,1H3. The quantitative estimate of drug-likeness (QED) is 0.888. The van der Waals surface area contributed by atoms with Gasteiger partial charge in [0.25, 0.3) is 0 Å². The van der Waals surface area contributed by atoms with Crippen molar-refractivity contribution >= 4 is 31.9 Å². The van der Waals surface area contributed by atoms with E-state index in [4.69, 9.17) is 10.2 Å². The molecule has 0 radical (unpaired) electrons. The van der Waals surface area contributed by atoms with Crippen molar-refractivity contribution in [3.63, 3.8) is 0 Å². The van der Waals surface area contributed by atoms with Gasteiger partial charge in [0.1, 0.15) is 11.5 Å². The first-order valence-electron chi connectivity index (χ1n) is 4.84. The fourth-order valence-electron chi connectivity index (χ4n) is 1.54. The van der Waals surface area contributed by atoms with Crippen molar-refractivity contribution in [1.82, 2.24) is 0 Å². The zero-order valence-corrected chi connectivity index (χ0v) is 11.9. The zero-order valence-electron chi connectivity index (χ0n) is 8.71. The molecule has 2 rings (SSSR count). The fraction of sp³-hybridized carbons (Fsp3) is 0.167. The summed E-state index contributed by atoms with van der Waals surface area (Å²) in [7, 11) is 0. The van der Waals surface area contributed by atoms with E-state index >= 15 is 0 Å². The van der Waals surface area contributed by atoms with Gasteiger partial charge >= 0.3 is 0 Å². The molecule has 1 aromatic heterocycles. The normalized spacial score (nSPS) is 12.8. The lowest BCUT2D eigenvalue weighted by Gasteiger charge is -2.10. The van der Waals surface area contributed by atoms with Crippen LogP contribution in [0, 0.1) is 6.92 Å². The zero-order chi connectivity index (χ0) is 11.7. The van der Waals surface area contributed by atoms with E-state index in [2.05, 4.69) is 31.9 Å². The van der Waals surface area contributed by atoms with E-state index in [1.54, 1.807) is 0 Å². The lowest BCUT2D eigenvalue weighted by molar-refractivity contribution is 0.466. The Bertz CT molecular complexity index is 487. The maximum absolute atomic E-state index is 6.13. The molecule has 0 saturated carbocycles. The Morgan fingerprint density at radius 2 is 1.75 bits per heavy atom. The minimum atomic E-state index is -0.234. The minimum absolute atomic E-state index is 0.234. The maximum Gasteiger partial charge on any atom is 0.125 e. The number of benzene rings is 1. The lowest BCUT2D eigenvalue weighted by atomic mass is 10.1. The fourth-order valence-corrected chi connectivity index (χ4v) is 2.87. The minimum Gasteiger partial charge on any atom is -0.464 e. The average molecular weight is 345 g/mol. The highest BCUT2D eigenvalue weighted by molar-refractivity contribution is 9.11. The molecule has 0 aliphatic carbocycles. The van der Waals surface area contributed by atoms with Gasteiger partial charge in [0, 0.05) is 8.95 Å². The molecule has 1 atom stereocenters. The summed E-state index contributed by atoms with van der Waals surface area (Å²) in [5, 5.41) is 0. The second-order valence-electron chi connectivity index (χ2n) is 3.63. The van der Waals surface area contributed by atoms with Crippen molar-refractivity contribution in [2.75, 3.05) is 0 Å². The van der Waals surface area contributed by atoms with Crippen LogP contribution in [-0.4, -0.2) is 0 Å². The molecule has 0 aliphatic heterocycles. The predicted octanol–water partition coefficient (Wildman–Crippen LogP) is 4.16. The Kier molecular flexibility index (Phi) is 3.52. The second kappa shape index (κ2) is 4.73. The number of hydrogen-bond donors (Lipinski definition) is 1. The van der Waals surface area contributed by atoms with Gasteiger partial charge in [-0.2, -0.15) is 0 Å². The van der Waals surface area contributed by atoms with E-state index in [-0.39, 0.29) is 6.04 Å². The summed E-state index contributed by atoms with van der Waals surface area (Å²) in [4.78, 5) is 0. The van der Waals surface area contributed by atoms with E-state index in [0.717, 1.165) is 26.0 Å². The number of furan rings is 1. The van der Waals surface area contributed by atoms with Crippen LogP contribution in [0.25, 0.3) is 0 Å². The molecule has 2 aromatic rings. The molecule has 0 fully saturated rings. The first-order valence-corrected chi connectivity index (χ1v) is 6.43. The number of nitrogens with two attached hydrogens (primary N) is 1. The third kappa shape index (κ3) is 2.56. The van der Waals surface area contributed by atoms with Crippen molar-refractivity contribution in [3.05, 3.63) is 56.4 Å². The Hall–Kier alpha value is -0.580. The van der Waals surface area contributed by atoms with Crippen LogP contribution in [0.3, 0.4) is 0 Å². The highest BCUT2D eigenvalue weighted by atomic mass is 79.9. The van der Waals surface area contributed by atoms with Gasteiger partial charge in [-0.1, -0.05) is 31.9 Å². The van der Waals surface area contributed by atoms with E-state index in [1.807, 2.05) is 37.3 Å². The van der Waals surface area contributed by atoms with Gasteiger partial charge in [-0.15, -0.1) is 0 Å². The molecule has 0 spiro atoms. The molecule has 0 saturated heterocycles. The molecule has 0 aliphatic rings. The molecule has 16 heavy (non-hydrogen) atoms. The van der Waals surface area contributed by atoms with Gasteiger partial charge in [-0.05, 0) is 42.8 Å². The molecule has 2 nitrogen and oxygen atoms in total. The topological polar surface area (TPSA) is 39.2 Å². The first-order chi connectivity index (χ1) is 7.56. The van der Waals surface area contributed by atoms with Crippen LogP contribution in [0.4, 0.5) is 0 Å². The van der Waals surface area contributed by atoms with Gasteiger partial charge in [0.2, 0.25) is 0 Å². The monoisotopic (exact) mass is 343 g/mol. The summed E-state index contributed by atoms with van der Waals surface area (Å²) in [5.74, 6) is 1.65. The predicted molar refractivity (Wildman–Crippen MR) is 71.3 cm³/mol. The van der Waals surface area contributed by atoms with Crippen molar-refractivity contribution < 1.29 is 4.42 Å². The summed E-state index contributed by atoms with van der Waals surface area (Å²) in [6.07, 6.45) is 0. The Balaban J connectivity index is 2.37. The molecule has 84 valence electrons. The summed E-state index contributed by atoms with van der Waals surface area (Å²) < 4.78 is 7.52. The number of rotatable bonds is 2. The highest BCUT2D eigenvalue weighted by Crippen LogP contribution is 2.27. The molecule has 1 aromatic carbocycles. The third-order valence-corrected chi connectivity index (χ3v) is 3.23. The number of aryl methyl sites for hydroxylation is 1. The van der Waals surface area contributed by atoms with E-state index in [0.29, 0.717) is 0 Å². The van der Waals surface area contributed by atoms with Crippen molar-refractivity contribution in [1.29, 1.82) is 0 Å². The molecule has 0 bridgehead atoms. The molecular weight excluding hydrogens is 334 g/mol. The maximum atomic E-state index is 6.13. The van der Waals surface area contributed by atoms with Crippen LogP contribution < -0.4 is 5.73 Å². The van der Waals surface area contributed by atoms with Crippen molar-refractivity contribution in [3.8, 4) is 0 Å². The van der Waals surface area contributed by atoms with E-state index in [9.17, 15) is 0 Å². The van der Waals surface area contributed by atoms with Crippen LogP contribution in [0.2, 0.25) is 0 Å². The van der Waals surface area contributed by atoms with Gasteiger partial charge in [0.15, 0.2) is 0 Å². The van der Waals surface area contributed by atoms with Crippen LogP contribution in [-0.2, 0) is 0 Å². The molecule has 2 N–H and O–H groups in total. The van der Waals surface area contributed by atoms with Gasteiger partial charge in [-0.25, -0.2) is 0 Å². The summed E-state index contributed by atoms with van der Waals surface area (Å²) in [6, 6.07) is 9.56. The lowest BCUT2D eigenvalue weighted by Crippen LogP contribution is -2.10. The molecule has 1 unspecified atom stereocenters. The van der Waals surface area contributed by atoms with Gasteiger partial charge in [-0.3, -0.25) is 0 Å². The first kappa shape index (κ1) is 11.9. The van der Waals surface area contributed by atoms with Crippen LogP contribution in [0.15, 0.2) is 43.7 Å². The Morgan fingerprint density at radius 1 is 1.12 bits per heavy atom. The molecule has 1 heterocycles. The highest BCUT2D eigenvalue weighted by Gasteiger charge is 2.13. The Morgan fingerprint density at radius 3 is 2.25 bits per heavy atom. The van der Waals surface area contributed by atoms with Crippen molar-refractivity contribution in [2.45, 2.75) is 13.0 Å². The van der Waals surface area contributed by atoms with E-state index in [1.165, 1.54) is 0 Å². The molecule has 4 heteroatoms. The van der Waals surface area contributed by atoms with Gasteiger partial charge in [0.05, 0.1) is 6.04 Å².